The van der Waals surface area contributed by atoms with Crippen LogP contribution < -0.4 is 15.4 Å². The molecule has 11 nitrogen and oxygen atoms in total. The van der Waals surface area contributed by atoms with Gasteiger partial charge in [-0.15, -0.1) is 0 Å². The fourth-order valence-corrected chi connectivity index (χ4v) is 5.16. The summed E-state index contributed by atoms with van der Waals surface area (Å²) in [5, 5.41) is 9.34. The highest BCUT2D eigenvalue weighted by molar-refractivity contribution is 7.90. The molecule has 0 bridgehead atoms. The minimum absolute atomic E-state index is 0.0497. The summed E-state index contributed by atoms with van der Waals surface area (Å²) >= 11 is 0. The van der Waals surface area contributed by atoms with Gasteiger partial charge in [-0.2, -0.15) is 4.98 Å². The second-order valence-corrected chi connectivity index (χ2v) is 12.6. The van der Waals surface area contributed by atoms with E-state index < -0.39 is 21.5 Å². The molecule has 1 N–H and O–H groups in total. The Labute approximate surface area is 228 Å². The zero-order chi connectivity index (χ0) is 28.5. The van der Waals surface area contributed by atoms with E-state index in [1.54, 1.807) is 11.0 Å². The van der Waals surface area contributed by atoms with Gasteiger partial charge >= 0.3 is 6.09 Å². The zero-order valence-corrected chi connectivity index (χ0v) is 23.8. The number of hydrogen-bond acceptors (Lipinski definition) is 9. The Morgan fingerprint density at radius 2 is 1.87 bits per heavy atom. The Kier molecular flexibility index (Phi) is 7.99. The van der Waals surface area contributed by atoms with Crippen molar-refractivity contribution in [3.8, 4) is 0 Å². The first-order valence-corrected chi connectivity index (χ1v) is 14.8. The Morgan fingerprint density at radius 3 is 2.54 bits per heavy atom. The molecule has 3 heterocycles. The first-order chi connectivity index (χ1) is 18.3. The number of benzene rings is 1. The van der Waals surface area contributed by atoms with Crippen molar-refractivity contribution in [2.24, 2.45) is 0 Å². The number of para-hydroxylation sites is 1. The molecule has 0 aliphatic carbocycles. The van der Waals surface area contributed by atoms with Crippen LogP contribution in [0.5, 0.6) is 0 Å². The zero-order valence-electron chi connectivity index (χ0n) is 23.0. The molecule has 0 fully saturated rings. The number of amides is 1. The average Bonchev–Trinajstić information content (AvgIpc) is 2.85. The smallest absolute Gasteiger partial charge is 0.414 e. The molecule has 0 saturated carbocycles. The number of carbonyl (C=O) groups excluding carboxylic acids is 1. The molecule has 1 aromatic carbocycles. The minimum atomic E-state index is -3.69. The van der Waals surface area contributed by atoms with Crippen LogP contribution in [0.2, 0.25) is 0 Å². The van der Waals surface area contributed by atoms with Crippen molar-refractivity contribution in [2.45, 2.75) is 64.3 Å². The van der Waals surface area contributed by atoms with Gasteiger partial charge in [0.15, 0.2) is 0 Å². The fraction of sp³-hybridized carbons (Fsp3) is 0.481. The second-order valence-electron chi connectivity index (χ2n) is 10.7. The maximum absolute atomic E-state index is 14.0. The molecule has 210 valence electrons. The highest BCUT2D eigenvalue weighted by Crippen LogP contribution is 2.40. The number of rotatable bonds is 7. The highest BCUT2D eigenvalue weighted by atomic mass is 32.2. The third kappa shape index (κ3) is 6.06. The molecule has 1 aliphatic heterocycles. The summed E-state index contributed by atoms with van der Waals surface area (Å²) in [6.45, 7) is 8.32. The number of aliphatic hydroxyl groups is 1. The van der Waals surface area contributed by atoms with E-state index in [1.807, 2.05) is 50.8 Å². The summed E-state index contributed by atoms with van der Waals surface area (Å²) < 4.78 is 31.4. The summed E-state index contributed by atoms with van der Waals surface area (Å²) in [6, 6.07) is 7.30. The molecular weight excluding hydrogens is 522 g/mol. The van der Waals surface area contributed by atoms with E-state index in [-0.39, 0.29) is 23.0 Å². The third-order valence-electron chi connectivity index (χ3n) is 6.39. The fourth-order valence-electron chi connectivity index (χ4n) is 4.66. The molecule has 1 amide bonds. The van der Waals surface area contributed by atoms with Gasteiger partial charge < -0.3 is 14.7 Å². The van der Waals surface area contributed by atoms with Crippen molar-refractivity contribution < 1.29 is 23.1 Å². The van der Waals surface area contributed by atoms with Gasteiger partial charge in [0.05, 0.1) is 11.4 Å². The summed E-state index contributed by atoms with van der Waals surface area (Å²) in [5.41, 5.74) is 1.82. The van der Waals surface area contributed by atoms with Crippen LogP contribution in [0, 0.1) is 6.92 Å². The van der Waals surface area contributed by atoms with Gasteiger partial charge in [-0.3, -0.25) is 14.3 Å². The molecule has 3 aromatic rings. The van der Waals surface area contributed by atoms with Gasteiger partial charge in [0.25, 0.3) is 5.56 Å². The van der Waals surface area contributed by atoms with Gasteiger partial charge in [-0.05, 0) is 64.7 Å². The van der Waals surface area contributed by atoms with Crippen molar-refractivity contribution in [1.82, 2.24) is 14.5 Å². The Hall–Kier alpha value is -3.51. The number of fused-ring (bicyclic) bond motifs is 2. The number of carbonyl (C=O) groups is 1. The summed E-state index contributed by atoms with van der Waals surface area (Å²) in [4.78, 5) is 38.8. The van der Waals surface area contributed by atoms with Gasteiger partial charge in [0, 0.05) is 44.1 Å². The van der Waals surface area contributed by atoms with E-state index in [2.05, 4.69) is 9.97 Å². The van der Waals surface area contributed by atoms with Gasteiger partial charge in [0.2, 0.25) is 15.0 Å². The lowest BCUT2D eigenvalue weighted by atomic mass is 10.1. The van der Waals surface area contributed by atoms with Crippen molar-refractivity contribution >= 4 is 44.0 Å². The normalized spacial score (nSPS) is 14.0. The number of sulfone groups is 1. The molecule has 0 unspecified atom stereocenters. The minimum Gasteiger partial charge on any atom is -0.443 e. The van der Waals surface area contributed by atoms with Crippen LogP contribution in [0.3, 0.4) is 0 Å². The number of aryl methyl sites for hydroxylation is 2. The number of ether oxygens (including phenoxy) is 1. The van der Waals surface area contributed by atoms with E-state index in [9.17, 15) is 18.0 Å². The standard InChI is InChI=1S/C27H35N5O6S/c1-18-10-9-11-20-22(18)31(26(35)38-27(2,3)4)14-13-30(20)21-16-19-17-28-25(39(5,36)37)29-23(19)32(24(21)34)12-7-6-8-15-33/h9-11,16-17,33H,6-8,12-15H2,1-5H3. The number of hydrogen-bond donors (Lipinski definition) is 1. The van der Waals surface area contributed by atoms with Crippen molar-refractivity contribution in [3.05, 3.63) is 46.4 Å². The van der Waals surface area contributed by atoms with E-state index >= 15 is 0 Å². The number of nitrogens with zero attached hydrogens (tertiary/aromatic N) is 5. The number of pyridine rings is 1. The Morgan fingerprint density at radius 1 is 1.13 bits per heavy atom. The predicted octanol–water partition coefficient (Wildman–Crippen LogP) is 3.56. The topological polar surface area (TPSA) is 135 Å². The van der Waals surface area contributed by atoms with Gasteiger partial charge in [-0.1, -0.05) is 12.1 Å². The third-order valence-corrected chi connectivity index (χ3v) is 7.25. The van der Waals surface area contributed by atoms with Crippen molar-refractivity contribution in [3.63, 3.8) is 0 Å². The quantitative estimate of drug-likeness (QED) is 0.342. The van der Waals surface area contributed by atoms with Crippen LogP contribution in [0.1, 0.15) is 45.6 Å². The van der Waals surface area contributed by atoms with E-state index in [0.29, 0.717) is 61.3 Å². The molecule has 12 heteroatoms. The lowest BCUT2D eigenvalue weighted by Crippen LogP contribution is -2.46. The monoisotopic (exact) mass is 557 g/mol. The van der Waals surface area contributed by atoms with Gasteiger partial charge in [-0.25, -0.2) is 18.2 Å². The maximum atomic E-state index is 14.0. The van der Waals surface area contributed by atoms with Crippen LogP contribution in [0.15, 0.2) is 40.4 Å². The van der Waals surface area contributed by atoms with Gasteiger partial charge in [0.1, 0.15) is 16.9 Å². The van der Waals surface area contributed by atoms with Crippen molar-refractivity contribution in [2.75, 3.05) is 35.8 Å². The molecule has 0 spiro atoms. The van der Waals surface area contributed by atoms with Crippen LogP contribution in [0.4, 0.5) is 21.9 Å². The Bertz CT molecular complexity index is 1560. The van der Waals surface area contributed by atoms with Crippen LogP contribution in [-0.2, 0) is 21.1 Å². The summed E-state index contributed by atoms with van der Waals surface area (Å²) in [7, 11) is -3.69. The molecule has 1 aliphatic rings. The Balaban J connectivity index is 1.86. The lowest BCUT2D eigenvalue weighted by molar-refractivity contribution is 0.0580. The number of aliphatic hydroxyl groups excluding tert-OH is 1. The summed E-state index contributed by atoms with van der Waals surface area (Å²) in [5.74, 6) is 0. The second kappa shape index (κ2) is 10.9. The summed E-state index contributed by atoms with van der Waals surface area (Å²) in [6.07, 6.45) is 3.86. The lowest BCUT2D eigenvalue weighted by Gasteiger charge is -2.39. The highest BCUT2D eigenvalue weighted by Gasteiger charge is 2.33. The average molecular weight is 558 g/mol. The molecule has 2 aromatic heterocycles. The first kappa shape index (κ1) is 28.5. The SMILES string of the molecule is Cc1cccc2c1N(C(=O)OC(C)(C)C)CCN2c1cc2cnc(S(C)(=O)=O)nc2n(CCCCCO)c1=O. The molecule has 4 rings (SSSR count). The largest absolute Gasteiger partial charge is 0.443 e. The maximum Gasteiger partial charge on any atom is 0.414 e. The molecule has 0 atom stereocenters. The number of unbranched alkanes of at least 4 members (excludes halogenated alkanes) is 2. The van der Waals surface area contributed by atoms with Crippen LogP contribution in [-0.4, -0.2) is 65.7 Å². The van der Waals surface area contributed by atoms with E-state index in [0.717, 1.165) is 11.8 Å². The predicted molar refractivity (Wildman–Crippen MR) is 150 cm³/mol. The van der Waals surface area contributed by atoms with Crippen molar-refractivity contribution in [1.29, 1.82) is 0 Å². The molecular formula is C27H35N5O6S. The van der Waals surface area contributed by atoms with E-state index in [4.69, 9.17) is 9.84 Å². The van der Waals surface area contributed by atoms with E-state index in [1.165, 1.54) is 10.8 Å². The number of anilines is 3. The first-order valence-electron chi connectivity index (χ1n) is 12.9. The molecule has 39 heavy (non-hydrogen) atoms. The molecule has 0 radical (unpaired) electrons. The van der Waals surface area contributed by atoms with Crippen LogP contribution in [0.25, 0.3) is 11.0 Å². The number of aromatic nitrogens is 3. The van der Waals surface area contributed by atoms with Crippen LogP contribution >= 0.6 is 0 Å². The molecule has 0 saturated heterocycles.